The van der Waals surface area contributed by atoms with E-state index in [1.807, 2.05) is 36.4 Å². The van der Waals surface area contributed by atoms with Crippen LogP contribution in [0.15, 0.2) is 54.7 Å². The molecular formula is C22H21N3O2. The van der Waals surface area contributed by atoms with Crippen LogP contribution in [0.2, 0.25) is 0 Å². The van der Waals surface area contributed by atoms with E-state index in [1.165, 1.54) is 11.3 Å². The number of hydrogen-bond donors (Lipinski definition) is 0. The topological polar surface area (TPSA) is 47.5 Å². The summed E-state index contributed by atoms with van der Waals surface area (Å²) < 4.78 is 10.7. The van der Waals surface area contributed by atoms with Gasteiger partial charge in [-0.05, 0) is 48.4 Å². The van der Waals surface area contributed by atoms with Gasteiger partial charge >= 0.3 is 0 Å². The van der Waals surface area contributed by atoms with Gasteiger partial charge in [0.2, 0.25) is 5.95 Å². The van der Waals surface area contributed by atoms with Crippen LogP contribution in [0.5, 0.6) is 11.5 Å². The second-order valence-electron chi connectivity index (χ2n) is 6.25. The van der Waals surface area contributed by atoms with Crippen LogP contribution in [0.3, 0.4) is 0 Å². The Kier molecular flexibility index (Phi) is 4.75. The lowest BCUT2D eigenvalue weighted by Gasteiger charge is -2.17. The van der Waals surface area contributed by atoms with Gasteiger partial charge in [0.15, 0.2) is 0 Å². The van der Waals surface area contributed by atoms with Gasteiger partial charge in [0.05, 0.1) is 19.9 Å². The number of hydrogen-bond acceptors (Lipinski definition) is 5. The van der Waals surface area contributed by atoms with Crippen LogP contribution in [0, 0.1) is 0 Å². The third-order valence-electron chi connectivity index (χ3n) is 4.67. The maximum Gasteiger partial charge on any atom is 0.230 e. The van der Waals surface area contributed by atoms with Crippen molar-refractivity contribution in [2.45, 2.75) is 6.42 Å². The van der Waals surface area contributed by atoms with E-state index in [0.29, 0.717) is 0 Å². The molecule has 2 aromatic carbocycles. The molecule has 0 aliphatic carbocycles. The summed E-state index contributed by atoms with van der Waals surface area (Å²) in [6.07, 6.45) is 6.77. The summed E-state index contributed by atoms with van der Waals surface area (Å²) in [7, 11) is 3.29. The van der Waals surface area contributed by atoms with E-state index in [1.54, 1.807) is 20.4 Å². The maximum atomic E-state index is 5.45. The first kappa shape index (κ1) is 17.1. The Bertz CT molecular complexity index is 985. The molecule has 1 aliphatic rings. The first-order chi connectivity index (χ1) is 13.3. The third kappa shape index (κ3) is 3.49. The minimum atomic E-state index is 0.726. The van der Waals surface area contributed by atoms with Crippen molar-refractivity contribution < 1.29 is 9.47 Å². The van der Waals surface area contributed by atoms with Gasteiger partial charge in [-0.3, -0.25) is 0 Å². The highest BCUT2D eigenvalue weighted by Gasteiger charge is 2.21. The highest BCUT2D eigenvalue weighted by Crippen LogP contribution is 2.32. The molecule has 3 aromatic rings. The van der Waals surface area contributed by atoms with Gasteiger partial charge in [-0.1, -0.05) is 18.2 Å². The molecular weight excluding hydrogens is 338 g/mol. The lowest BCUT2D eigenvalue weighted by Crippen LogP contribution is -2.16. The SMILES string of the molecule is COc1ccc(/C=C/c2ccnc(N3CCc4ccccc43)n2)c(OC)c1. The predicted octanol–water partition coefficient (Wildman–Crippen LogP) is 4.36. The highest BCUT2D eigenvalue weighted by atomic mass is 16.5. The number of methoxy groups -OCH3 is 2. The lowest BCUT2D eigenvalue weighted by molar-refractivity contribution is 0.394. The van der Waals surface area contributed by atoms with Gasteiger partial charge in [-0.15, -0.1) is 0 Å². The number of benzene rings is 2. The van der Waals surface area contributed by atoms with E-state index in [9.17, 15) is 0 Å². The first-order valence-electron chi connectivity index (χ1n) is 8.87. The molecule has 1 aromatic heterocycles. The summed E-state index contributed by atoms with van der Waals surface area (Å²) >= 11 is 0. The molecule has 0 saturated carbocycles. The first-order valence-corrected chi connectivity index (χ1v) is 8.87. The van der Waals surface area contributed by atoms with Crippen molar-refractivity contribution in [2.24, 2.45) is 0 Å². The zero-order valence-electron chi connectivity index (χ0n) is 15.4. The van der Waals surface area contributed by atoms with Crippen molar-refractivity contribution in [1.29, 1.82) is 0 Å². The van der Waals surface area contributed by atoms with Crippen LogP contribution in [-0.4, -0.2) is 30.7 Å². The molecule has 0 unspecified atom stereocenters. The number of rotatable bonds is 5. The fourth-order valence-electron chi connectivity index (χ4n) is 3.26. The molecule has 27 heavy (non-hydrogen) atoms. The zero-order valence-corrected chi connectivity index (χ0v) is 15.4. The Labute approximate surface area is 158 Å². The molecule has 136 valence electrons. The summed E-state index contributed by atoms with van der Waals surface area (Å²) in [6, 6.07) is 16.1. The van der Waals surface area contributed by atoms with Crippen molar-refractivity contribution in [3.8, 4) is 11.5 Å². The van der Waals surface area contributed by atoms with Crippen molar-refractivity contribution >= 4 is 23.8 Å². The summed E-state index contributed by atoms with van der Waals surface area (Å²) in [6.45, 7) is 0.902. The monoisotopic (exact) mass is 359 g/mol. The normalized spacial score (nSPS) is 13.0. The predicted molar refractivity (Wildman–Crippen MR) is 108 cm³/mol. The van der Waals surface area contributed by atoms with Crippen molar-refractivity contribution in [1.82, 2.24) is 9.97 Å². The summed E-state index contributed by atoms with van der Waals surface area (Å²) in [5.41, 5.74) is 4.34. The van der Waals surface area contributed by atoms with E-state index >= 15 is 0 Å². The zero-order chi connectivity index (χ0) is 18.6. The van der Waals surface area contributed by atoms with Crippen molar-refractivity contribution in [3.05, 3.63) is 71.5 Å². The Morgan fingerprint density at radius 1 is 1.00 bits per heavy atom. The largest absolute Gasteiger partial charge is 0.497 e. The van der Waals surface area contributed by atoms with E-state index in [-0.39, 0.29) is 0 Å². The van der Waals surface area contributed by atoms with Crippen LogP contribution in [0.25, 0.3) is 12.2 Å². The fourth-order valence-corrected chi connectivity index (χ4v) is 3.26. The summed E-state index contributed by atoms with van der Waals surface area (Å²) in [4.78, 5) is 11.4. The Hall–Kier alpha value is -3.34. The lowest BCUT2D eigenvalue weighted by atomic mass is 10.1. The highest BCUT2D eigenvalue weighted by molar-refractivity contribution is 5.73. The van der Waals surface area contributed by atoms with Crippen LogP contribution in [0.4, 0.5) is 11.6 Å². The van der Waals surface area contributed by atoms with Gasteiger partial charge in [0.25, 0.3) is 0 Å². The van der Waals surface area contributed by atoms with E-state index in [0.717, 1.165) is 41.7 Å². The van der Waals surface area contributed by atoms with Gasteiger partial charge in [-0.2, -0.15) is 0 Å². The third-order valence-corrected chi connectivity index (χ3v) is 4.67. The quantitative estimate of drug-likeness (QED) is 0.677. The number of para-hydroxylation sites is 1. The number of fused-ring (bicyclic) bond motifs is 1. The number of anilines is 2. The molecule has 0 fully saturated rings. The second kappa shape index (κ2) is 7.50. The minimum Gasteiger partial charge on any atom is -0.497 e. The molecule has 4 rings (SSSR count). The van der Waals surface area contributed by atoms with Gasteiger partial charge < -0.3 is 14.4 Å². The Morgan fingerprint density at radius 2 is 1.89 bits per heavy atom. The molecule has 0 saturated heterocycles. The number of nitrogens with zero attached hydrogens (tertiary/aromatic N) is 3. The van der Waals surface area contributed by atoms with Gasteiger partial charge in [0.1, 0.15) is 11.5 Å². The number of aromatic nitrogens is 2. The molecule has 0 amide bonds. The van der Waals surface area contributed by atoms with E-state index in [2.05, 4.69) is 34.1 Å². The van der Waals surface area contributed by atoms with Gasteiger partial charge in [-0.25, -0.2) is 9.97 Å². The van der Waals surface area contributed by atoms with Crippen LogP contribution < -0.4 is 14.4 Å². The van der Waals surface area contributed by atoms with E-state index < -0.39 is 0 Å². The molecule has 0 bridgehead atoms. The molecule has 1 aliphatic heterocycles. The van der Waals surface area contributed by atoms with Crippen LogP contribution in [-0.2, 0) is 6.42 Å². The molecule has 0 N–H and O–H groups in total. The molecule has 2 heterocycles. The summed E-state index contributed by atoms with van der Waals surface area (Å²) in [5, 5.41) is 0. The number of ether oxygens (including phenoxy) is 2. The average Bonchev–Trinajstić information content (AvgIpc) is 3.16. The molecule has 0 spiro atoms. The van der Waals surface area contributed by atoms with Crippen LogP contribution in [0.1, 0.15) is 16.8 Å². The summed E-state index contributed by atoms with van der Waals surface area (Å²) in [5.74, 6) is 2.25. The Morgan fingerprint density at radius 3 is 2.74 bits per heavy atom. The average molecular weight is 359 g/mol. The molecule has 5 nitrogen and oxygen atoms in total. The second-order valence-corrected chi connectivity index (χ2v) is 6.25. The van der Waals surface area contributed by atoms with E-state index in [4.69, 9.17) is 14.5 Å². The molecule has 0 atom stereocenters. The Balaban J connectivity index is 1.60. The maximum absolute atomic E-state index is 5.45. The van der Waals surface area contributed by atoms with Crippen molar-refractivity contribution in [3.63, 3.8) is 0 Å². The van der Waals surface area contributed by atoms with Crippen molar-refractivity contribution in [2.75, 3.05) is 25.7 Å². The van der Waals surface area contributed by atoms with Crippen LogP contribution >= 0.6 is 0 Å². The van der Waals surface area contributed by atoms with Gasteiger partial charge in [0, 0.05) is 30.1 Å². The fraction of sp³-hybridized carbons (Fsp3) is 0.182. The smallest absolute Gasteiger partial charge is 0.230 e. The standard InChI is InChI=1S/C22H21N3O2/c1-26-19-10-8-17(21(15-19)27-2)7-9-18-11-13-23-22(24-18)25-14-12-16-5-3-4-6-20(16)25/h3-11,13,15H,12,14H2,1-2H3/b9-7+. The minimum absolute atomic E-state index is 0.726. The molecule has 5 heteroatoms. The molecule has 0 radical (unpaired) electrons.